The van der Waals surface area contributed by atoms with E-state index in [0.29, 0.717) is 24.0 Å². The lowest BCUT2D eigenvalue weighted by atomic mass is 10.0. The third kappa shape index (κ3) is 17.8. The van der Waals surface area contributed by atoms with Crippen LogP contribution in [0.15, 0.2) is 70.8 Å². The zero-order valence-corrected chi connectivity index (χ0v) is 47.3. The van der Waals surface area contributed by atoms with E-state index < -0.39 is 120 Å². The second kappa shape index (κ2) is 30.1. The van der Waals surface area contributed by atoms with E-state index in [-0.39, 0.29) is 75.0 Å². The summed E-state index contributed by atoms with van der Waals surface area (Å²) in [6.45, 7) is 7.04. The van der Waals surface area contributed by atoms with E-state index in [0.717, 1.165) is 37.4 Å². The molecule has 26 nitrogen and oxygen atoms in total. The van der Waals surface area contributed by atoms with Crippen LogP contribution in [0.3, 0.4) is 0 Å². The number of unbranched alkanes of at least 4 members (excludes halogenated alkanes) is 1. The van der Waals surface area contributed by atoms with E-state index in [1.165, 1.54) is 13.3 Å². The lowest BCUT2D eigenvalue weighted by Gasteiger charge is -2.28. The maximum atomic E-state index is 14.7. The molecule has 2 fully saturated rings. The minimum atomic E-state index is -1.45. The van der Waals surface area contributed by atoms with Gasteiger partial charge in [0.25, 0.3) is 5.91 Å². The highest BCUT2D eigenvalue weighted by molar-refractivity contribution is 8.76. The molecule has 0 spiro atoms. The maximum absolute atomic E-state index is 14.7. The van der Waals surface area contributed by atoms with Crippen molar-refractivity contribution >= 4 is 104 Å². The molecule has 2 saturated heterocycles. The smallest absolute Gasteiger partial charge is 0.325 e. The molecule has 81 heavy (non-hydrogen) atoms. The molecular formula is C53H74N16O10S2. The van der Waals surface area contributed by atoms with Gasteiger partial charge in [0.1, 0.15) is 54.4 Å². The SMILES string of the molecule is CCCC[C@@H](C(=O)N[C@H]1CSSC[C@@H](C(N)=O)NC(=O)[C@H](Cc2c[nH]c3ccccc23)NC(=O)[C@H](CCCN=C(N)N)NC(=O)[C@@H](Cc2ccccc2)NC(=O)[C@H](CC2CN=CN2)NC(=O)[C@@H](C)NC1=O)N1C(=O)N[C@@H](C(C)C)C1=O. The molecule has 3 aliphatic heterocycles. The van der Waals surface area contributed by atoms with Crippen LogP contribution >= 0.6 is 21.6 Å². The Morgan fingerprint density at radius 1 is 0.753 bits per heavy atom. The lowest BCUT2D eigenvalue weighted by molar-refractivity contribution is -0.138. The van der Waals surface area contributed by atoms with Gasteiger partial charge in [-0.05, 0) is 55.7 Å². The molecule has 6 rings (SSSR count). The number of aromatic amines is 1. The number of urea groups is 1. The number of guanidine groups is 1. The molecule has 3 aromatic rings. The van der Waals surface area contributed by atoms with Crippen LogP contribution in [-0.4, -0.2) is 166 Å². The molecule has 0 aliphatic carbocycles. The number of benzene rings is 2. The molecule has 1 aromatic heterocycles. The molecule has 28 heteroatoms. The van der Waals surface area contributed by atoms with Crippen LogP contribution in [0.2, 0.25) is 0 Å². The van der Waals surface area contributed by atoms with Crippen LogP contribution in [0.1, 0.15) is 77.3 Å². The number of hydrogen-bond donors (Lipinski definition) is 13. The summed E-state index contributed by atoms with van der Waals surface area (Å²) in [7, 11) is 2.01. The number of aliphatic imine (C=N–C) groups is 2. The Kier molecular flexibility index (Phi) is 23.1. The molecule has 11 amide bonds. The van der Waals surface area contributed by atoms with Crippen LogP contribution in [-0.2, 0) is 56.0 Å². The third-order valence-electron chi connectivity index (χ3n) is 13.8. The van der Waals surface area contributed by atoms with Gasteiger partial charge in [-0.3, -0.25) is 53.1 Å². The first kappa shape index (κ1) is 62.3. The van der Waals surface area contributed by atoms with Crippen LogP contribution < -0.4 is 65.1 Å². The number of carbonyl (C=O) groups is 10. The number of primary amides is 1. The summed E-state index contributed by atoms with van der Waals surface area (Å²) in [5, 5.41) is 25.5. The Morgan fingerprint density at radius 2 is 1.40 bits per heavy atom. The lowest BCUT2D eigenvalue weighted by Crippen LogP contribution is -2.61. The summed E-state index contributed by atoms with van der Waals surface area (Å²) in [5.74, 6) is -8.19. The summed E-state index contributed by atoms with van der Waals surface area (Å²) in [6.07, 6.45) is 4.13. The molecule has 10 atom stereocenters. The number of fused-ring (bicyclic) bond motifs is 1. The van der Waals surface area contributed by atoms with Gasteiger partial charge >= 0.3 is 6.03 Å². The van der Waals surface area contributed by atoms with E-state index in [1.54, 1.807) is 56.4 Å². The van der Waals surface area contributed by atoms with Gasteiger partial charge in [-0.25, -0.2) is 9.69 Å². The van der Waals surface area contributed by atoms with Crippen LogP contribution in [0.25, 0.3) is 10.9 Å². The van der Waals surface area contributed by atoms with E-state index in [2.05, 4.69) is 62.8 Å². The van der Waals surface area contributed by atoms with Gasteiger partial charge in [-0.15, -0.1) is 0 Å². The second-order valence-corrected chi connectivity index (χ2v) is 23.0. The number of imide groups is 1. The zero-order chi connectivity index (χ0) is 58.8. The quantitative estimate of drug-likeness (QED) is 0.0235. The molecule has 3 aliphatic rings. The molecule has 16 N–H and O–H groups in total. The van der Waals surface area contributed by atoms with E-state index in [9.17, 15) is 47.9 Å². The van der Waals surface area contributed by atoms with Gasteiger partial charge in [-0.1, -0.05) is 104 Å². The first-order valence-electron chi connectivity index (χ1n) is 26.9. The second-order valence-electron chi connectivity index (χ2n) is 20.4. The number of aromatic nitrogens is 1. The predicted molar refractivity (Wildman–Crippen MR) is 308 cm³/mol. The van der Waals surface area contributed by atoms with Crippen LogP contribution in [0, 0.1) is 5.92 Å². The van der Waals surface area contributed by atoms with Crippen molar-refractivity contribution in [2.24, 2.45) is 33.1 Å². The Labute approximate surface area is 476 Å². The topological polar surface area (TPSA) is 401 Å². The summed E-state index contributed by atoms with van der Waals surface area (Å²) in [5.41, 5.74) is 19.1. The minimum absolute atomic E-state index is 0.0356. The van der Waals surface area contributed by atoms with Crippen LogP contribution in [0.4, 0.5) is 4.79 Å². The summed E-state index contributed by atoms with van der Waals surface area (Å²) in [6, 6.07) is 2.97. The Hall–Kier alpha value is -7.88. The third-order valence-corrected chi connectivity index (χ3v) is 16.2. The first-order valence-corrected chi connectivity index (χ1v) is 29.4. The average Bonchev–Trinajstić information content (AvgIpc) is 4.31. The molecule has 0 radical (unpaired) electrons. The van der Waals surface area contributed by atoms with Crippen molar-refractivity contribution in [3.05, 3.63) is 71.9 Å². The van der Waals surface area contributed by atoms with E-state index in [4.69, 9.17) is 17.2 Å². The van der Waals surface area contributed by atoms with Gasteiger partial charge in [0.15, 0.2) is 5.96 Å². The maximum Gasteiger partial charge on any atom is 0.325 e. The Bertz CT molecular complexity index is 2810. The number of nitrogens with zero attached hydrogens (tertiary/aromatic N) is 3. The van der Waals surface area contributed by atoms with Crippen molar-refractivity contribution in [2.45, 2.75) is 139 Å². The van der Waals surface area contributed by atoms with Crippen molar-refractivity contribution in [2.75, 3.05) is 24.6 Å². The minimum Gasteiger partial charge on any atom is -0.372 e. The van der Waals surface area contributed by atoms with Gasteiger partial charge in [-0.2, -0.15) is 0 Å². The normalized spacial score (nSPS) is 25.1. The van der Waals surface area contributed by atoms with Crippen molar-refractivity contribution in [3.8, 4) is 0 Å². The Morgan fingerprint density at radius 3 is 2.06 bits per heavy atom. The highest BCUT2D eigenvalue weighted by atomic mass is 33.1. The molecule has 438 valence electrons. The molecule has 0 saturated carbocycles. The average molecular weight is 1160 g/mol. The highest BCUT2D eigenvalue weighted by Gasteiger charge is 2.46. The van der Waals surface area contributed by atoms with Gasteiger partial charge in [0.2, 0.25) is 47.3 Å². The number of H-pyrrole nitrogens is 1. The Balaban J connectivity index is 1.37. The fourth-order valence-corrected chi connectivity index (χ4v) is 11.6. The monoisotopic (exact) mass is 1160 g/mol. The van der Waals surface area contributed by atoms with Crippen molar-refractivity contribution in [1.82, 2.24) is 57.7 Å². The van der Waals surface area contributed by atoms with Crippen molar-refractivity contribution < 1.29 is 47.9 Å². The largest absolute Gasteiger partial charge is 0.372 e. The molecule has 1 unspecified atom stereocenters. The summed E-state index contributed by atoms with van der Waals surface area (Å²) >= 11 is 0. The number of nitrogens with one attached hydrogen (secondary N) is 10. The number of rotatable bonds is 18. The van der Waals surface area contributed by atoms with Gasteiger partial charge in [0, 0.05) is 54.0 Å². The van der Waals surface area contributed by atoms with Gasteiger partial charge < -0.3 is 70.0 Å². The predicted octanol–water partition coefficient (Wildman–Crippen LogP) is -1.17. The number of amides is 11. The van der Waals surface area contributed by atoms with E-state index >= 15 is 0 Å². The molecule has 4 heterocycles. The standard InChI is InChI=1S/C53H74N16O10S2/c1-5-6-18-41(69-51(78)42(28(2)3)68-53(69)79)50(77)67-40-26-81-80-25-39(43(54)70)66-47(74)37(21-31-23-59-34-16-11-10-15-33(31)34)65-45(72)35(17-12-19-58-52(55)56)62-46(73)36(20-30-13-8-7-9-14-30)64-48(75)38(22-32-24-57-27-60-32)63-44(71)29(4)61-49(40)76/h7-11,13-16,23,27-29,32,35-42,59H,5-6,12,17-22,24-26H2,1-4H3,(H2,54,70)(H,57,60)(H,61,76)(H,62,73)(H,63,71)(H,64,75)(H,65,72)(H,66,74)(H,67,77)(H,68,79)(H4,55,56,58)/t29-,32?,35+,36-,37+,38+,39+,40+,41+,42+/m1/s1. The highest BCUT2D eigenvalue weighted by Crippen LogP contribution is 2.26. The van der Waals surface area contributed by atoms with Gasteiger partial charge in [0.05, 0.1) is 12.9 Å². The van der Waals surface area contributed by atoms with Crippen LogP contribution in [0.5, 0.6) is 0 Å². The summed E-state index contributed by atoms with van der Waals surface area (Å²) < 4.78 is 0. The summed E-state index contributed by atoms with van der Waals surface area (Å²) in [4.78, 5) is 154. The van der Waals surface area contributed by atoms with Crippen molar-refractivity contribution in [3.63, 3.8) is 0 Å². The zero-order valence-electron chi connectivity index (χ0n) is 45.7. The molecule has 2 aromatic carbocycles. The number of hydrogen-bond acceptors (Lipinski definition) is 15. The molecule has 0 bridgehead atoms. The fourth-order valence-electron chi connectivity index (χ4n) is 9.29. The fraction of sp³-hybridized carbons (Fsp3) is 0.509. The number of para-hydroxylation sites is 1. The number of nitrogens with two attached hydrogens (primary N) is 3. The van der Waals surface area contributed by atoms with Crippen molar-refractivity contribution in [1.29, 1.82) is 0 Å². The van der Waals surface area contributed by atoms with E-state index in [1.807, 2.05) is 25.1 Å². The number of carbonyl (C=O) groups excluding carboxylic acids is 10. The first-order chi connectivity index (χ1) is 38.7. The molecular weight excluding hydrogens is 1080 g/mol.